The van der Waals surface area contributed by atoms with Crippen molar-refractivity contribution in [3.63, 3.8) is 0 Å². The summed E-state index contributed by atoms with van der Waals surface area (Å²) in [5, 5.41) is 0. The molecule has 1 aromatic carbocycles. The summed E-state index contributed by atoms with van der Waals surface area (Å²) >= 11 is 0. The van der Waals surface area contributed by atoms with Gasteiger partial charge < -0.3 is 0 Å². The van der Waals surface area contributed by atoms with Crippen LogP contribution in [0.3, 0.4) is 0 Å². The van der Waals surface area contributed by atoms with E-state index in [0.717, 1.165) is 24.3 Å². The molecule has 0 fully saturated rings. The molecule has 0 aliphatic heterocycles. The van der Waals surface area contributed by atoms with E-state index in [9.17, 15) is 17.6 Å². The molecule has 0 N–H and O–H groups in total. The van der Waals surface area contributed by atoms with Crippen LogP contribution in [0.1, 0.15) is 0 Å². The molecule has 1 aromatic rings. The highest BCUT2D eigenvalue weighted by molar-refractivity contribution is 7.90. The van der Waals surface area contributed by atoms with Gasteiger partial charge in [-0.3, -0.25) is 0 Å². The molecule has 0 aliphatic carbocycles. The molecule has 4 nitrogen and oxygen atoms in total. The first-order valence-electron chi connectivity index (χ1n) is 3.16. The Kier molecular flexibility index (Phi) is 2.55. The lowest BCUT2D eigenvalue weighted by Crippen LogP contribution is -1.96. The highest BCUT2D eigenvalue weighted by atomic mass is 32.2. The normalized spacial score (nSPS) is 10.5. The Bertz CT molecular complexity index is 462. The Hall–Kier alpha value is -1.52. The van der Waals surface area contributed by atoms with Crippen molar-refractivity contribution in [2.75, 3.05) is 0 Å². The number of halogens is 1. The van der Waals surface area contributed by atoms with Crippen molar-refractivity contribution in [2.45, 2.75) is 4.90 Å². The van der Waals surface area contributed by atoms with Crippen LogP contribution in [0.2, 0.25) is 0 Å². The van der Waals surface area contributed by atoms with Crippen molar-refractivity contribution in [3.8, 4) is 0 Å². The summed E-state index contributed by atoms with van der Waals surface area (Å²) < 4.78 is 37.1. The number of hydrogen-bond donors (Lipinski definition) is 0. The third-order valence-corrected chi connectivity index (χ3v) is 2.42. The van der Waals surface area contributed by atoms with Crippen molar-refractivity contribution < 1.29 is 17.6 Å². The van der Waals surface area contributed by atoms with Crippen LogP contribution in [0.5, 0.6) is 0 Å². The van der Waals surface area contributed by atoms with E-state index in [1.54, 1.807) is 0 Å². The van der Waals surface area contributed by atoms with Gasteiger partial charge in [0.1, 0.15) is 5.82 Å². The fraction of sp³-hybridized carbons (Fsp3) is 0. The molecule has 0 spiro atoms. The fourth-order valence-electron chi connectivity index (χ4n) is 0.729. The first-order chi connectivity index (χ1) is 6.06. The maximum absolute atomic E-state index is 12.5. The van der Waals surface area contributed by atoms with Crippen LogP contribution >= 0.6 is 0 Å². The van der Waals surface area contributed by atoms with Crippen molar-refractivity contribution >= 4 is 16.1 Å². The van der Waals surface area contributed by atoms with Gasteiger partial charge in [0, 0.05) is 0 Å². The summed E-state index contributed by atoms with van der Waals surface area (Å²) in [4.78, 5) is 9.35. The van der Waals surface area contributed by atoms with Crippen LogP contribution in [0.25, 0.3) is 0 Å². The molecule has 0 unspecified atom stereocenters. The van der Waals surface area contributed by atoms with Crippen molar-refractivity contribution in [1.82, 2.24) is 0 Å². The molecule has 0 saturated carbocycles. The molecule has 0 atom stereocenters. The topological polar surface area (TPSA) is 63.6 Å². The van der Waals surface area contributed by atoms with Crippen LogP contribution in [-0.2, 0) is 14.8 Å². The van der Waals surface area contributed by atoms with Gasteiger partial charge in [-0.25, -0.2) is 9.18 Å². The van der Waals surface area contributed by atoms with Gasteiger partial charge in [0.05, 0.1) is 4.90 Å². The van der Waals surface area contributed by atoms with Gasteiger partial charge in [-0.2, -0.15) is 8.42 Å². The van der Waals surface area contributed by atoms with Gasteiger partial charge in [-0.1, -0.05) is 10.5 Å². The van der Waals surface area contributed by atoms with Crippen molar-refractivity contribution in [1.29, 1.82) is 0 Å². The van der Waals surface area contributed by atoms with Crippen LogP contribution in [-0.4, -0.2) is 14.5 Å². The smallest absolute Gasteiger partial charge is 0.210 e. The van der Waals surface area contributed by atoms with E-state index in [-0.39, 0.29) is 4.90 Å². The number of sulfonamides is 1. The van der Waals surface area contributed by atoms with Gasteiger partial charge >= 0.3 is 0 Å². The second-order valence-electron chi connectivity index (χ2n) is 2.12. The number of hydrogen-bond acceptors (Lipinski definition) is 3. The summed E-state index contributed by atoms with van der Waals surface area (Å²) in [6.45, 7) is 0. The van der Waals surface area contributed by atoms with E-state index in [0.29, 0.717) is 0 Å². The van der Waals surface area contributed by atoms with Gasteiger partial charge in [0.15, 0.2) is 0 Å². The zero-order valence-electron chi connectivity index (χ0n) is 6.27. The van der Waals surface area contributed by atoms with Gasteiger partial charge in [-0.15, -0.1) is 0 Å². The molecule has 0 amide bonds. The summed E-state index contributed by atoms with van der Waals surface area (Å²) in [6, 6.07) is 4.21. The predicted molar refractivity (Wildman–Crippen MR) is 41.7 cm³/mol. The van der Waals surface area contributed by atoms with Gasteiger partial charge in [-0.05, 0) is 18.2 Å². The lowest BCUT2D eigenvalue weighted by molar-refractivity contribution is 0.563. The molecule has 0 aromatic heterocycles. The molecule has 0 saturated heterocycles. The molecule has 6 heteroatoms. The highest BCUT2D eigenvalue weighted by Gasteiger charge is 2.12. The fourth-order valence-corrected chi connectivity index (χ4v) is 1.44. The average molecular weight is 201 g/mol. The van der Waals surface area contributed by atoms with E-state index in [2.05, 4.69) is 4.40 Å². The lowest BCUT2D eigenvalue weighted by Gasteiger charge is -1.94. The third kappa shape index (κ3) is 2.21. The Morgan fingerprint density at radius 2 is 2.08 bits per heavy atom. The van der Waals surface area contributed by atoms with E-state index < -0.39 is 15.8 Å². The Morgan fingerprint density at radius 3 is 2.62 bits per heavy atom. The minimum absolute atomic E-state index is 0.365. The summed E-state index contributed by atoms with van der Waals surface area (Å²) in [6.07, 6.45) is 0.891. The van der Waals surface area contributed by atoms with Crippen LogP contribution in [0.15, 0.2) is 33.6 Å². The molecule has 0 radical (unpaired) electrons. The van der Waals surface area contributed by atoms with Crippen LogP contribution in [0.4, 0.5) is 4.39 Å². The number of benzene rings is 1. The quantitative estimate of drug-likeness (QED) is 0.526. The van der Waals surface area contributed by atoms with E-state index >= 15 is 0 Å². The molecule has 0 heterocycles. The van der Waals surface area contributed by atoms with Gasteiger partial charge in [0.2, 0.25) is 0 Å². The molecular weight excluding hydrogens is 197 g/mol. The van der Waals surface area contributed by atoms with E-state index in [1.807, 2.05) is 0 Å². The van der Waals surface area contributed by atoms with Crippen molar-refractivity contribution in [3.05, 3.63) is 30.1 Å². The zero-order chi connectivity index (χ0) is 9.90. The maximum atomic E-state index is 12.5. The van der Waals surface area contributed by atoms with Crippen LogP contribution < -0.4 is 0 Å². The number of isocyanates is 1. The van der Waals surface area contributed by atoms with Crippen molar-refractivity contribution in [2.24, 2.45) is 4.40 Å². The van der Waals surface area contributed by atoms with E-state index in [1.165, 1.54) is 6.07 Å². The zero-order valence-corrected chi connectivity index (χ0v) is 7.08. The Morgan fingerprint density at radius 1 is 1.38 bits per heavy atom. The van der Waals surface area contributed by atoms with Crippen LogP contribution in [0, 0.1) is 5.82 Å². The Labute approximate surface area is 73.8 Å². The minimum Gasteiger partial charge on any atom is -0.210 e. The Balaban J connectivity index is 3.31. The van der Waals surface area contributed by atoms with Gasteiger partial charge in [0.25, 0.3) is 16.1 Å². The maximum Gasteiger partial charge on any atom is 0.292 e. The second-order valence-corrected chi connectivity index (χ2v) is 3.72. The SMILES string of the molecule is O=C=NS(=O)(=O)c1cccc(F)c1. The number of carbonyl (C=O) groups excluding carboxylic acids is 1. The minimum atomic E-state index is -4.07. The molecule has 0 aliphatic rings. The molecular formula is C7H4FNO3S. The standard InChI is InChI=1S/C7H4FNO3S/c8-6-2-1-3-7(4-6)13(11,12)9-5-10/h1-4H. The lowest BCUT2D eigenvalue weighted by atomic mass is 10.4. The number of nitrogens with zero attached hydrogens (tertiary/aromatic N) is 1. The van der Waals surface area contributed by atoms with E-state index in [4.69, 9.17) is 0 Å². The first-order valence-corrected chi connectivity index (χ1v) is 4.60. The average Bonchev–Trinajstić information content (AvgIpc) is 2.04. The first kappa shape index (κ1) is 9.57. The predicted octanol–water partition coefficient (Wildman–Crippen LogP) is 0.850. The second kappa shape index (κ2) is 3.47. The summed E-state index contributed by atoms with van der Waals surface area (Å²) in [7, 11) is -4.07. The molecule has 1 rings (SSSR count). The largest absolute Gasteiger partial charge is 0.292 e. The number of rotatable bonds is 2. The molecule has 68 valence electrons. The molecule has 13 heavy (non-hydrogen) atoms. The summed E-state index contributed by atoms with van der Waals surface area (Å²) in [5.74, 6) is -0.706. The highest BCUT2D eigenvalue weighted by Crippen LogP contribution is 2.12. The third-order valence-electron chi connectivity index (χ3n) is 1.25. The molecule has 0 bridgehead atoms. The summed E-state index contributed by atoms with van der Waals surface area (Å²) in [5.41, 5.74) is 0. The monoisotopic (exact) mass is 201 g/mol.